The lowest BCUT2D eigenvalue weighted by Gasteiger charge is -2.06. The highest BCUT2D eigenvalue weighted by Gasteiger charge is 2.06. The second-order valence-corrected chi connectivity index (χ2v) is 4.79. The van der Waals surface area contributed by atoms with Crippen molar-refractivity contribution < 1.29 is 9.90 Å². The first-order chi connectivity index (χ1) is 9.65. The number of benzene rings is 1. The Bertz CT molecular complexity index is 606. The number of allylic oxidation sites excluding steroid dienone is 1. The minimum atomic E-state index is -0.957. The fraction of sp³-hybridized carbons (Fsp3) is 0.125. The predicted molar refractivity (Wildman–Crippen MR) is 79.6 cm³/mol. The normalized spacial score (nSPS) is 11.3. The maximum atomic E-state index is 10.9. The van der Waals surface area contributed by atoms with Crippen molar-refractivity contribution in [2.24, 2.45) is 0 Å². The lowest BCUT2D eigenvalue weighted by molar-refractivity contribution is -0.131. The van der Waals surface area contributed by atoms with Gasteiger partial charge in [-0.15, -0.1) is 0 Å². The fourth-order valence-corrected chi connectivity index (χ4v) is 2.03. The van der Waals surface area contributed by atoms with E-state index in [9.17, 15) is 4.79 Å². The van der Waals surface area contributed by atoms with Crippen molar-refractivity contribution in [3.8, 4) is 0 Å². The first-order valence-electron chi connectivity index (χ1n) is 6.24. The number of nitrogens with zero attached hydrogens (tertiary/aromatic N) is 1. The molecule has 3 nitrogen and oxygen atoms in total. The van der Waals surface area contributed by atoms with Crippen molar-refractivity contribution in [1.29, 1.82) is 0 Å². The van der Waals surface area contributed by atoms with Gasteiger partial charge in [0, 0.05) is 17.3 Å². The molecule has 0 saturated carbocycles. The maximum Gasteiger partial charge on any atom is 0.328 e. The van der Waals surface area contributed by atoms with Crippen LogP contribution < -0.4 is 0 Å². The van der Waals surface area contributed by atoms with E-state index < -0.39 is 5.97 Å². The van der Waals surface area contributed by atoms with Crippen LogP contribution in [0, 0.1) is 0 Å². The standard InChI is InChI=1S/C16H14ClNO2/c17-14-8-5-12(6-9-14)4-7-13(11-16(19)20)15-3-1-2-10-18-15/h1-3,5-6,8-11H,4,7H2,(H,19,20)/b13-11-. The summed E-state index contributed by atoms with van der Waals surface area (Å²) in [5, 5.41) is 9.65. The Morgan fingerprint density at radius 1 is 1.20 bits per heavy atom. The number of carbonyl (C=O) groups is 1. The van der Waals surface area contributed by atoms with Crippen LogP contribution in [-0.2, 0) is 11.2 Å². The van der Waals surface area contributed by atoms with E-state index >= 15 is 0 Å². The van der Waals surface area contributed by atoms with Gasteiger partial charge >= 0.3 is 5.97 Å². The molecule has 0 aliphatic rings. The number of pyridine rings is 1. The molecule has 2 aromatic rings. The maximum absolute atomic E-state index is 10.9. The topological polar surface area (TPSA) is 50.2 Å². The van der Waals surface area contributed by atoms with Gasteiger partial charge in [-0.05, 0) is 48.2 Å². The third-order valence-corrected chi connectivity index (χ3v) is 3.14. The summed E-state index contributed by atoms with van der Waals surface area (Å²) in [5.41, 5.74) is 2.53. The van der Waals surface area contributed by atoms with E-state index in [-0.39, 0.29) is 0 Å². The molecule has 1 heterocycles. The van der Waals surface area contributed by atoms with Crippen molar-refractivity contribution in [1.82, 2.24) is 4.98 Å². The van der Waals surface area contributed by atoms with Crippen LogP contribution >= 0.6 is 11.6 Å². The van der Waals surface area contributed by atoms with Crippen molar-refractivity contribution in [2.45, 2.75) is 12.8 Å². The average Bonchev–Trinajstić information content (AvgIpc) is 2.46. The Morgan fingerprint density at radius 2 is 1.95 bits per heavy atom. The summed E-state index contributed by atoms with van der Waals surface area (Å²) >= 11 is 5.84. The fourth-order valence-electron chi connectivity index (χ4n) is 1.91. The van der Waals surface area contributed by atoms with Gasteiger partial charge in [0.25, 0.3) is 0 Å². The summed E-state index contributed by atoms with van der Waals surface area (Å²) in [7, 11) is 0. The van der Waals surface area contributed by atoms with Crippen LogP contribution in [-0.4, -0.2) is 16.1 Å². The van der Waals surface area contributed by atoms with Crippen LogP contribution in [0.4, 0.5) is 0 Å². The highest BCUT2D eigenvalue weighted by molar-refractivity contribution is 6.30. The lowest BCUT2D eigenvalue weighted by atomic mass is 10.0. The van der Waals surface area contributed by atoms with Gasteiger partial charge in [0.05, 0.1) is 5.69 Å². The van der Waals surface area contributed by atoms with Gasteiger partial charge in [0.15, 0.2) is 0 Å². The first-order valence-corrected chi connectivity index (χ1v) is 6.62. The number of halogens is 1. The molecule has 1 aromatic heterocycles. The van der Waals surface area contributed by atoms with Gasteiger partial charge in [-0.25, -0.2) is 4.79 Å². The number of aryl methyl sites for hydroxylation is 1. The molecule has 20 heavy (non-hydrogen) atoms. The molecule has 0 saturated heterocycles. The Hall–Kier alpha value is -2.13. The van der Waals surface area contributed by atoms with Crippen molar-refractivity contribution >= 4 is 23.1 Å². The Balaban J connectivity index is 2.13. The van der Waals surface area contributed by atoms with Gasteiger partial charge < -0.3 is 5.11 Å². The zero-order chi connectivity index (χ0) is 14.4. The second-order valence-electron chi connectivity index (χ2n) is 4.35. The van der Waals surface area contributed by atoms with Crippen LogP contribution in [0.25, 0.3) is 5.57 Å². The van der Waals surface area contributed by atoms with E-state index in [0.29, 0.717) is 22.7 Å². The number of hydrogen-bond donors (Lipinski definition) is 1. The van der Waals surface area contributed by atoms with E-state index in [1.165, 1.54) is 6.08 Å². The summed E-state index contributed by atoms with van der Waals surface area (Å²) in [6.45, 7) is 0. The zero-order valence-electron chi connectivity index (χ0n) is 10.8. The third kappa shape index (κ3) is 4.21. The largest absolute Gasteiger partial charge is 0.478 e. The number of carboxylic acids is 1. The van der Waals surface area contributed by atoms with Gasteiger partial charge in [0.2, 0.25) is 0 Å². The molecule has 0 spiro atoms. The molecule has 1 aromatic carbocycles. The molecule has 0 unspecified atom stereocenters. The molecule has 102 valence electrons. The number of carboxylic acid groups (broad SMARTS) is 1. The van der Waals surface area contributed by atoms with E-state index in [4.69, 9.17) is 16.7 Å². The van der Waals surface area contributed by atoms with Crippen molar-refractivity contribution in [2.75, 3.05) is 0 Å². The van der Waals surface area contributed by atoms with Crippen molar-refractivity contribution in [3.05, 3.63) is 71.0 Å². The minimum absolute atomic E-state index is 0.616. The first kappa shape index (κ1) is 14.3. The van der Waals surface area contributed by atoms with E-state index in [2.05, 4.69) is 4.98 Å². The third-order valence-electron chi connectivity index (χ3n) is 2.89. The molecule has 0 aliphatic heterocycles. The van der Waals surface area contributed by atoms with Gasteiger partial charge in [-0.3, -0.25) is 4.98 Å². The van der Waals surface area contributed by atoms with E-state index in [1.54, 1.807) is 12.3 Å². The number of aromatic nitrogens is 1. The average molecular weight is 288 g/mol. The van der Waals surface area contributed by atoms with Crippen LogP contribution in [0.15, 0.2) is 54.7 Å². The second kappa shape index (κ2) is 6.87. The van der Waals surface area contributed by atoms with Crippen LogP contribution in [0.5, 0.6) is 0 Å². The summed E-state index contributed by atoms with van der Waals surface area (Å²) in [6.07, 6.45) is 4.24. The number of rotatable bonds is 5. The molecule has 0 fully saturated rings. The van der Waals surface area contributed by atoms with Gasteiger partial charge in [-0.2, -0.15) is 0 Å². The summed E-state index contributed by atoms with van der Waals surface area (Å²) in [4.78, 5) is 15.1. The molecule has 4 heteroatoms. The molecule has 0 aliphatic carbocycles. The summed E-state index contributed by atoms with van der Waals surface area (Å²) in [6, 6.07) is 13.0. The highest BCUT2D eigenvalue weighted by Crippen LogP contribution is 2.19. The molecule has 2 rings (SSSR count). The van der Waals surface area contributed by atoms with Gasteiger partial charge in [0.1, 0.15) is 0 Å². The van der Waals surface area contributed by atoms with Gasteiger partial charge in [-0.1, -0.05) is 29.8 Å². The minimum Gasteiger partial charge on any atom is -0.478 e. The van der Waals surface area contributed by atoms with Crippen LogP contribution in [0.3, 0.4) is 0 Å². The van der Waals surface area contributed by atoms with Crippen molar-refractivity contribution in [3.63, 3.8) is 0 Å². The molecular formula is C16H14ClNO2. The molecular weight excluding hydrogens is 274 g/mol. The zero-order valence-corrected chi connectivity index (χ0v) is 11.5. The van der Waals surface area contributed by atoms with E-state index in [1.807, 2.05) is 36.4 Å². The quantitative estimate of drug-likeness (QED) is 0.850. The van der Waals surface area contributed by atoms with E-state index in [0.717, 1.165) is 12.0 Å². The SMILES string of the molecule is O=C(O)/C=C(/CCc1ccc(Cl)cc1)c1ccccn1. The van der Waals surface area contributed by atoms with Crippen LogP contribution in [0.2, 0.25) is 5.02 Å². The number of aliphatic carboxylic acids is 1. The summed E-state index contributed by atoms with van der Waals surface area (Å²) < 4.78 is 0. The predicted octanol–water partition coefficient (Wildman–Crippen LogP) is 3.84. The highest BCUT2D eigenvalue weighted by atomic mass is 35.5. The molecule has 0 radical (unpaired) electrons. The Labute approximate surface area is 122 Å². The number of hydrogen-bond acceptors (Lipinski definition) is 2. The Morgan fingerprint density at radius 3 is 2.55 bits per heavy atom. The summed E-state index contributed by atoms with van der Waals surface area (Å²) in [5.74, 6) is -0.957. The lowest BCUT2D eigenvalue weighted by Crippen LogP contribution is -1.97. The molecule has 1 N–H and O–H groups in total. The molecule has 0 bridgehead atoms. The van der Waals surface area contributed by atoms with Crippen LogP contribution in [0.1, 0.15) is 17.7 Å². The monoisotopic (exact) mass is 287 g/mol. The smallest absolute Gasteiger partial charge is 0.328 e. The Kier molecular flexibility index (Phi) is 4.91. The molecule has 0 amide bonds. The molecule has 0 atom stereocenters.